The molecule has 3 rings (SSSR count). The molecule has 0 aliphatic heterocycles. The van der Waals surface area contributed by atoms with Crippen molar-refractivity contribution in [2.24, 2.45) is 0 Å². The Morgan fingerprint density at radius 2 is 1.38 bits per heavy atom. The first-order valence-corrected chi connectivity index (χ1v) is 9.49. The summed E-state index contributed by atoms with van der Waals surface area (Å²) >= 11 is 0. The van der Waals surface area contributed by atoms with Crippen LogP contribution in [0.3, 0.4) is 0 Å². The second-order valence-electron chi connectivity index (χ2n) is 6.87. The Hall–Kier alpha value is -3.60. The Bertz CT molecular complexity index is 941. The van der Waals surface area contributed by atoms with Gasteiger partial charge in [0.1, 0.15) is 0 Å². The summed E-state index contributed by atoms with van der Waals surface area (Å²) in [7, 11) is 3.54. The second kappa shape index (κ2) is 9.55. The summed E-state index contributed by atoms with van der Waals surface area (Å²) in [5.41, 5.74) is 3.32. The fourth-order valence-corrected chi connectivity index (χ4v) is 2.95. The number of nitrogens with one attached hydrogen (secondary N) is 1. The highest BCUT2D eigenvalue weighted by Gasteiger charge is 2.13. The molecular formula is C24H25N3O2. The summed E-state index contributed by atoms with van der Waals surface area (Å²) in [4.78, 5) is 28.3. The molecule has 0 aliphatic rings. The molecule has 29 heavy (non-hydrogen) atoms. The number of carbonyl (C=O) groups excluding carboxylic acids is 2. The van der Waals surface area contributed by atoms with Crippen LogP contribution in [-0.4, -0.2) is 37.4 Å². The Morgan fingerprint density at radius 1 is 0.793 bits per heavy atom. The molecule has 1 N–H and O–H groups in total. The van der Waals surface area contributed by atoms with Crippen LogP contribution < -0.4 is 10.2 Å². The smallest absolute Gasteiger partial charge is 0.258 e. The first-order chi connectivity index (χ1) is 14.0. The number of nitrogens with zero attached hydrogens (tertiary/aromatic N) is 2. The van der Waals surface area contributed by atoms with Crippen molar-refractivity contribution in [2.45, 2.75) is 6.54 Å². The maximum atomic E-state index is 12.6. The lowest BCUT2D eigenvalue weighted by atomic mass is 10.1. The van der Waals surface area contributed by atoms with Crippen molar-refractivity contribution in [2.75, 3.05) is 30.9 Å². The van der Waals surface area contributed by atoms with Crippen LogP contribution in [0.15, 0.2) is 84.9 Å². The second-order valence-corrected chi connectivity index (χ2v) is 6.87. The Labute approximate surface area is 171 Å². The summed E-state index contributed by atoms with van der Waals surface area (Å²) in [6.07, 6.45) is 0. The number of benzene rings is 3. The van der Waals surface area contributed by atoms with Crippen LogP contribution in [0.2, 0.25) is 0 Å². The highest BCUT2D eigenvalue weighted by molar-refractivity contribution is 6.05. The van der Waals surface area contributed by atoms with Gasteiger partial charge in [-0.1, -0.05) is 48.5 Å². The molecule has 0 aromatic heterocycles. The summed E-state index contributed by atoms with van der Waals surface area (Å²) in [6.45, 7) is 0.765. The molecule has 0 aliphatic carbocycles. The van der Waals surface area contributed by atoms with E-state index in [0.29, 0.717) is 12.1 Å². The number of likely N-dealkylation sites (N-methyl/N-ethyl adjacent to an activating group) is 1. The molecule has 0 atom stereocenters. The molecule has 3 aromatic rings. The van der Waals surface area contributed by atoms with E-state index >= 15 is 0 Å². The quantitative estimate of drug-likeness (QED) is 0.666. The van der Waals surface area contributed by atoms with Crippen LogP contribution in [0.1, 0.15) is 15.9 Å². The zero-order chi connectivity index (χ0) is 20.6. The fraction of sp³-hybridized carbons (Fsp3) is 0.167. The molecule has 0 bridgehead atoms. The topological polar surface area (TPSA) is 52.7 Å². The van der Waals surface area contributed by atoms with E-state index in [1.165, 1.54) is 0 Å². The number of anilines is 2. The van der Waals surface area contributed by atoms with Gasteiger partial charge < -0.3 is 15.1 Å². The lowest BCUT2D eigenvalue weighted by molar-refractivity contribution is -0.128. The van der Waals surface area contributed by atoms with Crippen LogP contribution in [0.4, 0.5) is 11.4 Å². The maximum absolute atomic E-state index is 12.6. The van der Waals surface area contributed by atoms with E-state index in [1.54, 1.807) is 36.0 Å². The maximum Gasteiger partial charge on any atom is 0.258 e. The molecule has 0 heterocycles. The van der Waals surface area contributed by atoms with Gasteiger partial charge in [-0.05, 0) is 42.0 Å². The normalized spacial score (nSPS) is 10.3. The third-order valence-electron chi connectivity index (χ3n) is 4.71. The minimum absolute atomic E-state index is 0.00202. The molecule has 148 valence electrons. The summed E-state index contributed by atoms with van der Waals surface area (Å²) in [5, 5.41) is 3.12. The predicted octanol–water partition coefficient (Wildman–Crippen LogP) is 4.03. The van der Waals surface area contributed by atoms with Crippen LogP contribution in [-0.2, 0) is 11.3 Å². The van der Waals surface area contributed by atoms with Gasteiger partial charge in [0.2, 0.25) is 5.91 Å². The molecule has 3 aromatic carbocycles. The van der Waals surface area contributed by atoms with E-state index in [9.17, 15) is 9.59 Å². The van der Waals surface area contributed by atoms with Crippen molar-refractivity contribution >= 4 is 23.2 Å². The molecule has 0 unspecified atom stereocenters. The number of hydrogen-bond donors (Lipinski definition) is 1. The van der Waals surface area contributed by atoms with Gasteiger partial charge in [0.25, 0.3) is 5.91 Å². The number of carbonyl (C=O) groups is 2. The SMILES string of the molecule is CN(Cc1ccccc1)C(=O)CNc1ccc(C(=O)N(C)c2ccccc2)cc1. The van der Waals surface area contributed by atoms with E-state index in [-0.39, 0.29) is 18.4 Å². The summed E-state index contributed by atoms with van der Waals surface area (Å²) < 4.78 is 0. The first kappa shape index (κ1) is 20.1. The van der Waals surface area contributed by atoms with Crippen LogP contribution >= 0.6 is 0 Å². The van der Waals surface area contributed by atoms with Gasteiger partial charge in [0.05, 0.1) is 6.54 Å². The van der Waals surface area contributed by atoms with Gasteiger partial charge >= 0.3 is 0 Å². The Morgan fingerprint density at radius 3 is 2.00 bits per heavy atom. The van der Waals surface area contributed by atoms with Crippen molar-refractivity contribution < 1.29 is 9.59 Å². The van der Waals surface area contributed by atoms with Crippen LogP contribution in [0.25, 0.3) is 0 Å². The molecule has 5 heteroatoms. The van der Waals surface area contributed by atoms with Gasteiger partial charge in [-0.2, -0.15) is 0 Å². The Kier molecular flexibility index (Phi) is 6.63. The molecule has 0 saturated heterocycles. The molecule has 2 amide bonds. The average Bonchev–Trinajstić information content (AvgIpc) is 2.78. The van der Waals surface area contributed by atoms with Crippen LogP contribution in [0.5, 0.6) is 0 Å². The van der Waals surface area contributed by atoms with Gasteiger partial charge in [-0.3, -0.25) is 9.59 Å². The molecule has 0 radical (unpaired) electrons. The highest BCUT2D eigenvalue weighted by atomic mass is 16.2. The molecule has 0 spiro atoms. The van der Waals surface area contributed by atoms with E-state index < -0.39 is 0 Å². The van der Waals surface area contributed by atoms with Gasteiger partial charge in [0.15, 0.2) is 0 Å². The van der Waals surface area contributed by atoms with Crippen LogP contribution in [0, 0.1) is 0 Å². The largest absolute Gasteiger partial charge is 0.376 e. The van der Waals surface area contributed by atoms with Gasteiger partial charge in [0, 0.05) is 37.6 Å². The first-order valence-electron chi connectivity index (χ1n) is 9.49. The minimum atomic E-state index is -0.0820. The Balaban J connectivity index is 1.53. The third-order valence-corrected chi connectivity index (χ3v) is 4.71. The third kappa shape index (κ3) is 5.45. The number of para-hydroxylation sites is 1. The van der Waals surface area contributed by atoms with Crippen molar-refractivity contribution in [1.82, 2.24) is 4.90 Å². The van der Waals surface area contributed by atoms with Crippen molar-refractivity contribution in [3.63, 3.8) is 0 Å². The average molecular weight is 387 g/mol. The zero-order valence-corrected chi connectivity index (χ0v) is 16.7. The van der Waals surface area contributed by atoms with E-state index in [4.69, 9.17) is 0 Å². The van der Waals surface area contributed by atoms with Crippen molar-refractivity contribution in [3.8, 4) is 0 Å². The number of amides is 2. The molecule has 5 nitrogen and oxygen atoms in total. The highest BCUT2D eigenvalue weighted by Crippen LogP contribution is 2.16. The molecule has 0 saturated carbocycles. The number of hydrogen-bond acceptors (Lipinski definition) is 3. The fourth-order valence-electron chi connectivity index (χ4n) is 2.95. The van der Waals surface area contributed by atoms with E-state index in [1.807, 2.05) is 72.8 Å². The predicted molar refractivity (Wildman–Crippen MR) is 117 cm³/mol. The van der Waals surface area contributed by atoms with Crippen molar-refractivity contribution in [1.29, 1.82) is 0 Å². The lowest BCUT2D eigenvalue weighted by Gasteiger charge is -2.19. The standard InChI is InChI=1S/C24H25N3O2/c1-26(18-19-9-5-3-6-10-19)23(28)17-25-21-15-13-20(14-16-21)24(29)27(2)22-11-7-4-8-12-22/h3-16,25H,17-18H2,1-2H3. The molecule has 0 fully saturated rings. The lowest BCUT2D eigenvalue weighted by Crippen LogP contribution is -2.31. The van der Waals surface area contributed by atoms with Gasteiger partial charge in [-0.15, -0.1) is 0 Å². The minimum Gasteiger partial charge on any atom is -0.376 e. The zero-order valence-electron chi connectivity index (χ0n) is 16.7. The molecular weight excluding hydrogens is 362 g/mol. The van der Waals surface area contributed by atoms with E-state index in [0.717, 1.165) is 16.9 Å². The monoisotopic (exact) mass is 387 g/mol. The van der Waals surface area contributed by atoms with Gasteiger partial charge in [-0.25, -0.2) is 0 Å². The van der Waals surface area contributed by atoms with E-state index in [2.05, 4.69) is 5.32 Å². The summed E-state index contributed by atoms with van der Waals surface area (Å²) in [6, 6.07) is 26.6. The number of rotatable bonds is 7. The summed E-state index contributed by atoms with van der Waals surface area (Å²) in [5.74, 6) is -0.0840. The van der Waals surface area contributed by atoms with Crippen molar-refractivity contribution in [3.05, 3.63) is 96.1 Å².